The SMILES string of the molecule is Cc1oc2cc3oc(=O)c(CCC(=O)N[C@H](C(=O)O)c4ccccc4)c(C)c3cc2c1-c1ccccc1. The molecule has 0 aliphatic heterocycles. The van der Waals surface area contributed by atoms with Crippen molar-refractivity contribution in [2.75, 3.05) is 0 Å². The van der Waals surface area contributed by atoms with Crippen molar-refractivity contribution in [3.8, 4) is 11.1 Å². The maximum Gasteiger partial charge on any atom is 0.339 e. The standard InChI is InChI=1S/C30H25NO6/c1-17-21(13-14-26(32)31-28(29(33)34)20-11-7-4-8-12-20)30(35)37-24-16-25-23(15-22(17)24)27(18(2)36-25)19-9-5-3-6-10-19/h3-12,15-16,28H,13-14H2,1-2H3,(H,31,32)(H,33,34)/t28-/m0/s1. The van der Waals surface area contributed by atoms with Gasteiger partial charge >= 0.3 is 11.6 Å². The first-order chi connectivity index (χ1) is 17.8. The molecule has 3 aromatic carbocycles. The molecule has 0 bridgehead atoms. The minimum atomic E-state index is -1.17. The zero-order valence-corrected chi connectivity index (χ0v) is 20.4. The van der Waals surface area contributed by atoms with Crippen LogP contribution < -0.4 is 10.9 Å². The van der Waals surface area contributed by atoms with Crippen molar-refractivity contribution < 1.29 is 23.5 Å². The van der Waals surface area contributed by atoms with E-state index in [1.165, 1.54) is 0 Å². The van der Waals surface area contributed by atoms with Crippen LogP contribution in [0.2, 0.25) is 0 Å². The van der Waals surface area contributed by atoms with Crippen molar-refractivity contribution in [1.29, 1.82) is 0 Å². The summed E-state index contributed by atoms with van der Waals surface area (Å²) < 4.78 is 11.6. The van der Waals surface area contributed by atoms with Gasteiger partial charge in [-0.2, -0.15) is 0 Å². The van der Waals surface area contributed by atoms with Crippen molar-refractivity contribution >= 4 is 33.8 Å². The molecule has 1 amide bonds. The minimum absolute atomic E-state index is 0.0595. The number of carbonyl (C=O) groups excluding carboxylic acids is 1. The van der Waals surface area contributed by atoms with Gasteiger partial charge in [0.05, 0.1) is 0 Å². The molecule has 2 aromatic heterocycles. The number of hydrogen-bond acceptors (Lipinski definition) is 5. The van der Waals surface area contributed by atoms with E-state index in [2.05, 4.69) is 5.32 Å². The zero-order chi connectivity index (χ0) is 26.1. The van der Waals surface area contributed by atoms with Crippen LogP contribution in [0.5, 0.6) is 0 Å². The molecule has 0 radical (unpaired) electrons. The van der Waals surface area contributed by atoms with Gasteiger partial charge in [0.1, 0.15) is 16.9 Å². The van der Waals surface area contributed by atoms with E-state index in [4.69, 9.17) is 8.83 Å². The topological polar surface area (TPSA) is 110 Å². The molecule has 1 atom stereocenters. The fourth-order valence-electron chi connectivity index (χ4n) is 4.76. The first-order valence-corrected chi connectivity index (χ1v) is 12.0. The molecule has 2 N–H and O–H groups in total. The van der Waals surface area contributed by atoms with Crippen LogP contribution in [0.4, 0.5) is 0 Å². The van der Waals surface area contributed by atoms with E-state index in [-0.39, 0.29) is 12.8 Å². The van der Waals surface area contributed by atoms with Gasteiger partial charge in [0, 0.05) is 34.4 Å². The van der Waals surface area contributed by atoms with E-state index in [0.717, 1.165) is 33.2 Å². The van der Waals surface area contributed by atoms with Crippen LogP contribution >= 0.6 is 0 Å². The molecule has 0 saturated carbocycles. The zero-order valence-electron chi connectivity index (χ0n) is 20.4. The molecular weight excluding hydrogens is 470 g/mol. The van der Waals surface area contributed by atoms with Gasteiger partial charge < -0.3 is 19.3 Å². The number of amides is 1. The first kappa shape index (κ1) is 24.1. The fraction of sp³-hybridized carbons (Fsp3) is 0.167. The van der Waals surface area contributed by atoms with E-state index in [9.17, 15) is 19.5 Å². The van der Waals surface area contributed by atoms with E-state index < -0.39 is 23.5 Å². The van der Waals surface area contributed by atoms with Gasteiger partial charge in [-0.15, -0.1) is 0 Å². The Morgan fingerprint density at radius 3 is 2.22 bits per heavy atom. The number of carboxylic acid groups (broad SMARTS) is 1. The van der Waals surface area contributed by atoms with Gasteiger partial charge in [-0.3, -0.25) is 4.79 Å². The van der Waals surface area contributed by atoms with Crippen LogP contribution in [-0.2, 0) is 16.0 Å². The molecule has 2 heterocycles. The Morgan fingerprint density at radius 1 is 0.892 bits per heavy atom. The molecule has 186 valence electrons. The number of fused-ring (bicyclic) bond motifs is 2. The van der Waals surface area contributed by atoms with Crippen LogP contribution in [0, 0.1) is 13.8 Å². The van der Waals surface area contributed by atoms with E-state index in [1.807, 2.05) is 50.2 Å². The van der Waals surface area contributed by atoms with Crippen molar-refractivity contribution in [3.05, 3.63) is 106 Å². The van der Waals surface area contributed by atoms with Gasteiger partial charge in [-0.1, -0.05) is 60.7 Å². The molecule has 5 aromatic rings. The van der Waals surface area contributed by atoms with Crippen LogP contribution in [0.15, 0.2) is 86.4 Å². The molecule has 0 aliphatic rings. The summed E-state index contributed by atoms with van der Waals surface area (Å²) in [5, 5.41) is 13.8. The summed E-state index contributed by atoms with van der Waals surface area (Å²) in [6.07, 6.45) is 0.0567. The number of hydrogen-bond donors (Lipinski definition) is 2. The number of benzene rings is 3. The van der Waals surface area contributed by atoms with Gasteiger partial charge in [0.25, 0.3) is 0 Å². The molecule has 7 heteroatoms. The molecule has 0 saturated heterocycles. The molecule has 0 unspecified atom stereocenters. The lowest BCUT2D eigenvalue weighted by Crippen LogP contribution is -2.34. The van der Waals surface area contributed by atoms with Gasteiger partial charge in [0.2, 0.25) is 5.91 Å². The normalized spacial score (nSPS) is 12.1. The van der Waals surface area contributed by atoms with Crippen molar-refractivity contribution in [3.63, 3.8) is 0 Å². The number of carboxylic acids is 1. The molecule has 0 spiro atoms. The van der Waals surface area contributed by atoms with Crippen molar-refractivity contribution in [2.45, 2.75) is 32.7 Å². The smallest absolute Gasteiger partial charge is 0.339 e. The van der Waals surface area contributed by atoms with Crippen molar-refractivity contribution in [2.24, 2.45) is 0 Å². The maximum absolute atomic E-state index is 12.8. The van der Waals surface area contributed by atoms with Gasteiger partial charge in [-0.25, -0.2) is 9.59 Å². The number of nitrogens with one attached hydrogen (secondary N) is 1. The van der Waals surface area contributed by atoms with Gasteiger partial charge in [0.15, 0.2) is 6.04 Å². The monoisotopic (exact) mass is 495 g/mol. The molecule has 37 heavy (non-hydrogen) atoms. The second-order valence-electron chi connectivity index (χ2n) is 8.99. The van der Waals surface area contributed by atoms with Crippen LogP contribution in [0.25, 0.3) is 33.1 Å². The van der Waals surface area contributed by atoms with E-state index in [0.29, 0.717) is 22.3 Å². The third kappa shape index (κ3) is 4.63. The number of carbonyl (C=O) groups is 2. The number of aliphatic carboxylic acids is 1. The maximum atomic E-state index is 12.8. The van der Waals surface area contributed by atoms with Gasteiger partial charge in [-0.05, 0) is 43.0 Å². The Bertz CT molecular complexity index is 1680. The lowest BCUT2D eigenvalue weighted by atomic mass is 9.98. The molecule has 7 nitrogen and oxygen atoms in total. The fourth-order valence-corrected chi connectivity index (χ4v) is 4.76. The predicted octanol–water partition coefficient (Wildman–Crippen LogP) is 5.70. The largest absolute Gasteiger partial charge is 0.479 e. The summed E-state index contributed by atoms with van der Waals surface area (Å²) >= 11 is 0. The highest BCUT2D eigenvalue weighted by Gasteiger charge is 2.23. The van der Waals surface area contributed by atoms with E-state index in [1.54, 1.807) is 36.4 Å². The summed E-state index contributed by atoms with van der Waals surface area (Å²) in [7, 11) is 0. The second-order valence-corrected chi connectivity index (χ2v) is 8.99. The highest BCUT2D eigenvalue weighted by Crippen LogP contribution is 2.37. The average Bonchev–Trinajstić information content (AvgIpc) is 3.21. The summed E-state index contributed by atoms with van der Waals surface area (Å²) in [5.74, 6) is -0.864. The number of rotatable bonds is 7. The Kier molecular flexibility index (Phi) is 6.36. The Labute approximate surface area is 212 Å². The first-order valence-electron chi connectivity index (χ1n) is 12.0. The van der Waals surface area contributed by atoms with E-state index >= 15 is 0 Å². The van der Waals surface area contributed by atoms with Crippen LogP contribution in [0.1, 0.15) is 34.9 Å². The molecule has 0 aliphatic carbocycles. The molecular formula is C30H25NO6. The van der Waals surface area contributed by atoms with Crippen LogP contribution in [0.3, 0.4) is 0 Å². The second kappa shape index (κ2) is 9.78. The minimum Gasteiger partial charge on any atom is -0.479 e. The summed E-state index contributed by atoms with van der Waals surface area (Å²) in [5.41, 5.74) is 4.08. The Morgan fingerprint density at radius 2 is 1.54 bits per heavy atom. The lowest BCUT2D eigenvalue weighted by Gasteiger charge is -2.15. The average molecular weight is 496 g/mol. The quantitative estimate of drug-likeness (QED) is 0.280. The summed E-state index contributed by atoms with van der Waals surface area (Å²) in [6.45, 7) is 3.73. The predicted molar refractivity (Wildman–Crippen MR) is 140 cm³/mol. The number of furan rings is 1. The highest BCUT2D eigenvalue weighted by atomic mass is 16.4. The summed E-state index contributed by atoms with van der Waals surface area (Å²) in [6, 6.07) is 20.9. The Hall–Kier alpha value is -4.65. The molecule has 0 fully saturated rings. The lowest BCUT2D eigenvalue weighted by molar-refractivity contribution is -0.142. The highest BCUT2D eigenvalue weighted by molar-refractivity contribution is 6.03. The molecule has 5 rings (SSSR count). The summed E-state index contributed by atoms with van der Waals surface area (Å²) in [4.78, 5) is 37.2. The number of aryl methyl sites for hydroxylation is 2. The third-order valence-corrected chi connectivity index (χ3v) is 6.62. The van der Waals surface area contributed by atoms with Crippen LogP contribution in [-0.4, -0.2) is 17.0 Å². The van der Waals surface area contributed by atoms with Crippen molar-refractivity contribution in [1.82, 2.24) is 5.32 Å². The third-order valence-electron chi connectivity index (χ3n) is 6.62. The Balaban J connectivity index is 1.46.